The van der Waals surface area contributed by atoms with Gasteiger partial charge >= 0.3 is 0 Å². The fraction of sp³-hybridized carbons (Fsp3) is 1.00. The fourth-order valence-electron chi connectivity index (χ4n) is 1.41. The van der Waals surface area contributed by atoms with Crippen LogP contribution >= 0.6 is 0 Å². The van der Waals surface area contributed by atoms with Crippen LogP contribution in [0.3, 0.4) is 0 Å². The Bertz CT molecular complexity index is 92.5. The average Bonchev–Trinajstić information content (AvgIpc) is 2.65. The summed E-state index contributed by atoms with van der Waals surface area (Å²) in [6.07, 6.45) is 8.29. The van der Waals surface area contributed by atoms with Gasteiger partial charge in [0.15, 0.2) is 0 Å². The molecular weight excluding hydrogens is 176 g/mol. The highest BCUT2D eigenvalue weighted by atomic mass is 16.5. The summed E-state index contributed by atoms with van der Waals surface area (Å²) in [6, 6.07) is 0. The van der Waals surface area contributed by atoms with Gasteiger partial charge < -0.3 is 9.47 Å². The molecule has 1 atom stereocenters. The molecule has 0 N–H and O–H groups in total. The lowest BCUT2D eigenvalue weighted by molar-refractivity contribution is 0.125. The highest BCUT2D eigenvalue weighted by Crippen LogP contribution is 2.09. The molecule has 0 aromatic heterocycles. The van der Waals surface area contributed by atoms with Crippen LogP contribution in [0, 0.1) is 0 Å². The molecule has 2 heteroatoms. The summed E-state index contributed by atoms with van der Waals surface area (Å²) in [5, 5.41) is 0. The molecule has 0 amide bonds. The molecule has 0 spiro atoms. The van der Waals surface area contributed by atoms with Crippen molar-refractivity contribution in [1.82, 2.24) is 0 Å². The van der Waals surface area contributed by atoms with E-state index in [0.29, 0.717) is 6.10 Å². The van der Waals surface area contributed by atoms with Crippen LogP contribution in [0.1, 0.15) is 52.4 Å². The predicted octanol–water partition coefficient (Wildman–Crippen LogP) is 3.40. The lowest BCUT2D eigenvalue weighted by atomic mass is 10.2. The molecule has 1 rings (SSSR count). The van der Waals surface area contributed by atoms with Gasteiger partial charge in [0.05, 0.1) is 6.10 Å². The van der Waals surface area contributed by atoms with Crippen LogP contribution in [-0.2, 0) is 9.47 Å². The van der Waals surface area contributed by atoms with Gasteiger partial charge in [-0.1, -0.05) is 26.2 Å². The van der Waals surface area contributed by atoms with Crippen molar-refractivity contribution in [3.63, 3.8) is 0 Å². The standard InChI is InChI=1S/C7H16O.C5H10O/c1-3-4-5-6-7-8-2;1-5-3-2-4-6-5/h3-7H2,1-2H3;5H,2-4H2,1H3. The summed E-state index contributed by atoms with van der Waals surface area (Å²) in [5.41, 5.74) is 0. The number of rotatable bonds is 5. The molecule has 0 radical (unpaired) electrons. The Morgan fingerprint density at radius 1 is 1.29 bits per heavy atom. The smallest absolute Gasteiger partial charge is 0.0547 e. The Morgan fingerprint density at radius 3 is 2.43 bits per heavy atom. The Labute approximate surface area is 89.0 Å². The van der Waals surface area contributed by atoms with Crippen LogP contribution < -0.4 is 0 Å². The summed E-state index contributed by atoms with van der Waals surface area (Å²) in [5.74, 6) is 0. The van der Waals surface area contributed by atoms with E-state index in [1.54, 1.807) is 7.11 Å². The van der Waals surface area contributed by atoms with Crippen LogP contribution in [0.5, 0.6) is 0 Å². The Balaban J connectivity index is 0.000000249. The second-order valence-corrected chi connectivity index (χ2v) is 3.88. The third-order valence-electron chi connectivity index (χ3n) is 2.36. The van der Waals surface area contributed by atoms with Gasteiger partial charge in [0.25, 0.3) is 0 Å². The zero-order valence-electron chi connectivity index (χ0n) is 10.1. The van der Waals surface area contributed by atoms with E-state index in [1.807, 2.05) is 0 Å². The van der Waals surface area contributed by atoms with Crippen molar-refractivity contribution in [2.45, 2.75) is 58.5 Å². The number of unbranched alkanes of at least 4 members (excludes halogenated alkanes) is 3. The molecule has 1 aliphatic heterocycles. The molecule has 0 bridgehead atoms. The molecule has 14 heavy (non-hydrogen) atoms. The van der Waals surface area contributed by atoms with Gasteiger partial charge in [-0.05, 0) is 26.2 Å². The predicted molar refractivity (Wildman–Crippen MR) is 60.7 cm³/mol. The lowest BCUT2D eigenvalue weighted by Gasteiger charge is -1.95. The molecule has 0 saturated carbocycles. The first kappa shape index (κ1) is 13.9. The van der Waals surface area contributed by atoms with Gasteiger partial charge in [-0.3, -0.25) is 0 Å². The summed E-state index contributed by atoms with van der Waals surface area (Å²) in [4.78, 5) is 0. The normalized spacial score (nSPS) is 20.4. The Kier molecular flexibility index (Phi) is 10.9. The minimum absolute atomic E-state index is 0.546. The van der Waals surface area contributed by atoms with Crippen molar-refractivity contribution in [2.75, 3.05) is 20.3 Å². The van der Waals surface area contributed by atoms with Crippen molar-refractivity contribution < 1.29 is 9.47 Å². The molecule has 1 fully saturated rings. The number of hydrogen-bond donors (Lipinski definition) is 0. The Morgan fingerprint density at radius 2 is 2.07 bits per heavy atom. The maximum Gasteiger partial charge on any atom is 0.0547 e. The largest absolute Gasteiger partial charge is 0.385 e. The third-order valence-corrected chi connectivity index (χ3v) is 2.36. The van der Waals surface area contributed by atoms with Crippen LogP contribution in [0.4, 0.5) is 0 Å². The minimum atomic E-state index is 0.546. The second kappa shape index (κ2) is 11.0. The zero-order valence-corrected chi connectivity index (χ0v) is 10.1. The van der Waals surface area contributed by atoms with Crippen molar-refractivity contribution in [3.8, 4) is 0 Å². The molecule has 1 aliphatic rings. The van der Waals surface area contributed by atoms with Crippen molar-refractivity contribution in [1.29, 1.82) is 0 Å². The molecular formula is C12H26O2. The zero-order chi connectivity index (χ0) is 10.6. The van der Waals surface area contributed by atoms with Crippen molar-refractivity contribution in [3.05, 3.63) is 0 Å². The van der Waals surface area contributed by atoms with Crippen molar-refractivity contribution >= 4 is 0 Å². The van der Waals surface area contributed by atoms with Crippen LogP contribution in [0.15, 0.2) is 0 Å². The van der Waals surface area contributed by atoms with E-state index < -0.39 is 0 Å². The van der Waals surface area contributed by atoms with Crippen molar-refractivity contribution in [2.24, 2.45) is 0 Å². The van der Waals surface area contributed by atoms with Gasteiger partial charge in [0.1, 0.15) is 0 Å². The van der Waals surface area contributed by atoms with Crippen LogP contribution in [0.2, 0.25) is 0 Å². The van der Waals surface area contributed by atoms with Gasteiger partial charge in [-0.25, -0.2) is 0 Å². The number of methoxy groups -OCH3 is 1. The first-order chi connectivity index (χ1) is 6.81. The molecule has 0 aromatic rings. The summed E-state index contributed by atoms with van der Waals surface area (Å²) in [6.45, 7) is 6.25. The lowest BCUT2D eigenvalue weighted by Crippen LogP contribution is -1.94. The molecule has 1 saturated heterocycles. The van der Waals surface area contributed by atoms with Crippen LogP contribution in [-0.4, -0.2) is 26.4 Å². The van der Waals surface area contributed by atoms with E-state index in [1.165, 1.54) is 38.5 Å². The molecule has 0 aliphatic carbocycles. The Hall–Kier alpha value is -0.0800. The summed E-state index contributed by atoms with van der Waals surface area (Å²) < 4.78 is 10.0. The van der Waals surface area contributed by atoms with E-state index in [0.717, 1.165) is 13.2 Å². The molecule has 1 unspecified atom stereocenters. The maximum atomic E-state index is 5.15. The third kappa shape index (κ3) is 10.0. The SMILES string of the molecule is CC1CCCO1.CCCCCCOC. The van der Waals surface area contributed by atoms with E-state index >= 15 is 0 Å². The molecule has 1 heterocycles. The highest BCUT2D eigenvalue weighted by Gasteiger charge is 2.07. The molecule has 2 nitrogen and oxygen atoms in total. The van der Waals surface area contributed by atoms with E-state index in [4.69, 9.17) is 9.47 Å². The van der Waals surface area contributed by atoms with Gasteiger partial charge in [0.2, 0.25) is 0 Å². The number of hydrogen-bond acceptors (Lipinski definition) is 2. The van der Waals surface area contributed by atoms with E-state index in [2.05, 4.69) is 13.8 Å². The molecule has 86 valence electrons. The quantitative estimate of drug-likeness (QED) is 0.636. The molecule has 0 aromatic carbocycles. The van der Waals surface area contributed by atoms with Crippen LogP contribution in [0.25, 0.3) is 0 Å². The maximum absolute atomic E-state index is 5.15. The highest BCUT2D eigenvalue weighted by molar-refractivity contribution is 4.56. The van der Waals surface area contributed by atoms with E-state index in [9.17, 15) is 0 Å². The second-order valence-electron chi connectivity index (χ2n) is 3.88. The number of ether oxygens (including phenoxy) is 2. The average molecular weight is 202 g/mol. The summed E-state index contributed by atoms with van der Waals surface area (Å²) >= 11 is 0. The summed E-state index contributed by atoms with van der Waals surface area (Å²) in [7, 11) is 1.76. The van der Waals surface area contributed by atoms with Gasteiger partial charge in [-0.15, -0.1) is 0 Å². The monoisotopic (exact) mass is 202 g/mol. The van der Waals surface area contributed by atoms with E-state index in [-0.39, 0.29) is 0 Å². The first-order valence-electron chi connectivity index (χ1n) is 5.91. The first-order valence-corrected chi connectivity index (χ1v) is 5.91. The van der Waals surface area contributed by atoms with Gasteiger partial charge in [0, 0.05) is 20.3 Å². The topological polar surface area (TPSA) is 18.5 Å². The minimum Gasteiger partial charge on any atom is -0.385 e. The fourth-order valence-corrected chi connectivity index (χ4v) is 1.41. The van der Waals surface area contributed by atoms with Gasteiger partial charge in [-0.2, -0.15) is 0 Å².